The average Bonchev–Trinajstić information content (AvgIpc) is 2.33. The van der Waals surface area contributed by atoms with Crippen LogP contribution in [0.4, 0.5) is 4.39 Å². The number of hydrogen-bond donors (Lipinski definition) is 1. The Labute approximate surface area is 117 Å². The molecule has 18 heavy (non-hydrogen) atoms. The minimum atomic E-state index is -0.306. The van der Waals surface area contributed by atoms with Crippen molar-refractivity contribution in [2.45, 2.75) is 33.2 Å². The molecule has 102 valence electrons. The fourth-order valence-electron chi connectivity index (χ4n) is 2.12. The second-order valence-electron chi connectivity index (χ2n) is 5.07. The summed E-state index contributed by atoms with van der Waals surface area (Å²) in [6, 6.07) is 3.33. The first-order valence-corrected chi connectivity index (χ1v) is 6.86. The summed E-state index contributed by atoms with van der Waals surface area (Å²) in [4.78, 5) is 0. The molecule has 1 aromatic carbocycles. The molecule has 0 saturated heterocycles. The van der Waals surface area contributed by atoms with Crippen molar-refractivity contribution < 1.29 is 9.13 Å². The van der Waals surface area contributed by atoms with Crippen molar-refractivity contribution in [2.75, 3.05) is 14.2 Å². The fraction of sp³-hybridized carbons (Fsp3) is 0.571. The van der Waals surface area contributed by atoms with Crippen LogP contribution >= 0.6 is 15.9 Å². The Hall–Kier alpha value is -0.610. The lowest BCUT2D eigenvalue weighted by atomic mass is 9.78. The van der Waals surface area contributed by atoms with E-state index >= 15 is 0 Å². The Morgan fingerprint density at radius 3 is 2.50 bits per heavy atom. The van der Waals surface area contributed by atoms with Crippen LogP contribution in [-0.2, 0) is 0 Å². The lowest BCUT2D eigenvalue weighted by molar-refractivity contribution is 0.239. The average molecular weight is 318 g/mol. The van der Waals surface area contributed by atoms with E-state index in [0.29, 0.717) is 10.2 Å². The van der Waals surface area contributed by atoms with Crippen LogP contribution in [0.5, 0.6) is 5.75 Å². The first-order valence-electron chi connectivity index (χ1n) is 6.07. The van der Waals surface area contributed by atoms with Gasteiger partial charge in [0.25, 0.3) is 0 Å². The minimum Gasteiger partial charge on any atom is -0.496 e. The summed E-state index contributed by atoms with van der Waals surface area (Å²) in [5.41, 5.74) is 1.03. The third-order valence-electron chi connectivity index (χ3n) is 3.57. The van der Waals surface area contributed by atoms with E-state index in [1.54, 1.807) is 13.2 Å². The van der Waals surface area contributed by atoms with Gasteiger partial charge < -0.3 is 10.1 Å². The van der Waals surface area contributed by atoms with Crippen LogP contribution in [0, 0.1) is 11.2 Å². The number of hydrogen-bond acceptors (Lipinski definition) is 2. The van der Waals surface area contributed by atoms with Gasteiger partial charge in [0, 0.05) is 17.7 Å². The SMILES string of the molecule is CCC(C)(C)C(NC)c1cc(Br)c(F)cc1OC. The van der Waals surface area contributed by atoms with Crippen LogP contribution in [0.3, 0.4) is 0 Å². The first-order chi connectivity index (χ1) is 8.37. The number of ether oxygens (including phenoxy) is 1. The third-order valence-corrected chi connectivity index (χ3v) is 4.17. The Kier molecular flexibility index (Phi) is 5.17. The summed E-state index contributed by atoms with van der Waals surface area (Å²) in [5, 5.41) is 3.31. The standard InChI is InChI=1S/C14H21BrFNO/c1-6-14(2,3)13(17-4)9-7-10(15)11(16)8-12(9)18-5/h7-8,13,17H,6H2,1-5H3. The molecule has 1 unspecified atom stereocenters. The van der Waals surface area contributed by atoms with Crippen molar-refractivity contribution in [3.8, 4) is 5.75 Å². The van der Waals surface area contributed by atoms with Gasteiger partial charge in [-0.2, -0.15) is 0 Å². The Morgan fingerprint density at radius 2 is 2.06 bits per heavy atom. The Balaban J connectivity index is 3.33. The molecule has 0 aliphatic carbocycles. The maximum absolute atomic E-state index is 13.5. The zero-order valence-corrected chi connectivity index (χ0v) is 13.2. The molecule has 1 atom stereocenters. The van der Waals surface area contributed by atoms with E-state index in [1.807, 2.05) is 7.05 Å². The van der Waals surface area contributed by atoms with Crippen LogP contribution in [-0.4, -0.2) is 14.2 Å². The zero-order chi connectivity index (χ0) is 13.9. The summed E-state index contributed by atoms with van der Waals surface area (Å²) in [6.07, 6.45) is 1.01. The van der Waals surface area contributed by atoms with Crippen molar-refractivity contribution >= 4 is 15.9 Å². The van der Waals surface area contributed by atoms with E-state index < -0.39 is 0 Å². The van der Waals surface area contributed by atoms with Gasteiger partial charge in [0.2, 0.25) is 0 Å². The van der Waals surface area contributed by atoms with Crippen LogP contribution in [0.2, 0.25) is 0 Å². The lowest BCUT2D eigenvalue weighted by Crippen LogP contribution is -2.32. The van der Waals surface area contributed by atoms with E-state index in [-0.39, 0.29) is 17.3 Å². The summed E-state index contributed by atoms with van der Waals surface area (Å²) in [7, 11) is 3.48. The highest BCUT2D eigenvalue weighted by atomic mass is 79.9. The van der Waals surface area contributed by atoms with Crippen LogP contribution in [0.25, 0.3) is 0 Å². The summed E-state index contributed by atoms with van der Waals surface area (Å²) < 4.78 is 19.3. The molecule has 0 radical (unpaired) electrons. The second kappa shape index (κ2) is 6.02. The van der Waals surface area contributed by atoms with Gasteiger partial charge in [-0.05, 0) is 40.9 Å². The first kappa shape index (κ1) is 15.4. The van der Waals surface area contributed by atoms with Gasteiger partial charge in [-0.25, -0.2) is 4.39 Å². The number of benzene rings is 1. The number of nitrogens with one attached hydrogen (secondary N) is 1. The number of methoxy groups -OCH3 is 1. The van der Waals surface area contributed by atoms with Crippen molar-refractivity contribution in [1.29, 1.82) is 0 Å². The van der Waals surface area contributed by atoms with Crippen LogP contribution in [0.1, 0.15) is 38.8 Å². The van der Waals surface area contributed by atoms with E-state index in [1.165, 1.54) is 6.07 Å². The van der Waals surface area contributed by atoms with Gasteiger partial charge in [-0.15, -0.1) is 0 Å². The molecule has 1 aromatic rings. The quantitative estimate of drug-likeness (QED) is 0.874. The Bertz CT molecular complexity index is 421. The van der Waals surface area contributed by atoms with Gasteiger partial charge in [0.15, 0.2) is 0 Å². The highest BCUT2D eigenvalue weighted by Crippen LogP contribution is 2.41. The molecule has 0 spiro atoms. The van der Waals surface area contributed by atoms with Gasteiger partial charge in [-0.1, -0.05) is 20.8 Å². The van der Waals surface area contributed by atoms with Crippen LogP contribution < -0.4 is 10.1 Å². The monoisotopic (exact) mass is 317 g/mol. The molecule has 0 amide bonds. The van der Waals surface area contributed by atoms with Crippen molar-refractivity contribution in [3.63, 3.8) is 0 Å². The van der Waals surface area contributed by atoms with Crippen LogP contribution in [0.15, 0.2) is 16.6 Å². The molecular weight excluding hydrogens is 297 g/mol. The van der Waals surface area contributed by atoms with E-state index in [2.05, 4.69) is 42.0 Å². The van der Waals surface area contributed by atoms with Gasteiger partial charge in [-0.3, -0.25) is 0 Å². The third kappa shape index (κ3) is 3.04. The maximum atomic E-state index is 13.5. The van der Waals surface area contributed by atoms with Crippen molar-refractivity contribution in [3.05, 3.63) is 28.0 Å². The van der Waals surface area contributed by atoms with E-state index in [9.17, 15) is 4.39 Å². The zero-order valence-electron chi connectivity index (χ0n) is 11.6. The summed E-state index contributed by atoms with van der Waals surface area (Å²) >= 11 is 3.24. The minimum absolute atomic E-state index is 0.0549. The van der Waals surface area contributed by atoms with E-state index in [4.69, 9.17) is 4.74 Å². The number of halogens is 2. The van der Waals surface area contributed by atoms with Gasteiger partial charge in [0.1, 0.15) is 11.6 Å². The fourth-order valence-corrected chi connectivity index (χ4v) is 2.48. The summed E-state index contributed by atoms with van der Waals surface area (Å²) in [5.74, 6) is 0.274. The van der Waals surface area contributed by atoms with Gasteiger partial charge >= 0.3 is 0 Å². The van der Waals surface area contributed by atoms with Gasteiger partial charge in [0.05, 0.1) is 11.6 Å². The molecule has 0 aliphatic rings. The molecule has 1 N–H and O–H groups in total. The second-order valence-corrected chi connectivity index (χ2v) is 5.93. The highest BCUT2D eigenvalue weighted by molar-refractivity contribution is 9.10. The Morgan fingerprint density at radius 1 is 1.44 bits per heavy atom. The molecule has 0 heterocycles. The molecule has 0 aromatic heterocycles. The summed E-state index contributed by atoms with van der Waals surface area (Å²) in [6.45, 7) is 6.52. The topological polar surface area (TPSA) is 21.3 Å². The van der Waals surface area contributed by atoms with Crippen molar-refractivity contribution in [1.82, 2.24) is 5.32 Å². The molecule has 1 rings (SSSR count). The molecule has 0 bridgehead atoms. The molecule has 0 aliphatic heterocycles. The molecule has 2 nitrogen and oxygen atoms in total. The molecular formula is C14H21BrFNO. The largest absolute Gasteiger partial charge is 0.496 e. The molecule has 4 heteroatoms. The maximum Gasteiger partial charge on any atom is 0.141 e. The van der Waals surface area contributed by atoms with E-state index in [0.717, 1.165) is 12.0 Å². The molecule has 0 fully saturated rings. The number of rotatable bonds is 5. The highest BCUT2D eigenvalue weighted by Gasteiger charge is 2.30. The lowest BCUT2D eigenvalue weighted by Gasteiger charge is -2.34. The predicted octanol–water partition coefficient (Wildman–Crippen LogP) is 4.29. The molecule has 0 saturated carbocycles. The van der Waals surface area contributed by atoms with Crippen molar-refractivity contribution in [2.24, 2.45) is 5.41 Å². The normalized spacial score (nSPS) is 13.5. The smallest absolute Gasteiger partial charge is 0.141 e. The predicted molar refractivity (Wildman–Crippen MR) is 76.5 cm³/mol.